The molecule has 2 saturated heterocycles. The number of nitrogens with one attached hydrogen (secondary N) is 2. The van der Waals surface area contributed by atoms with Gasteiger partial charge in [0.15, 0.2) is 6.61 Å². The molecule has 0 saturated carbocycles. The average Bonchev–Trinajstić information content (AvgIpc) is 3.16. The summed E-state index contributed by atoms with van der Waals surface area (Å²) in [6.07, 6.45) is 2.85. The van der Waals surface area contributed by atoms with E-state index in [9.17, 15) is 19.2 Å². The number of ether oxygens (including phenoxy) is 1. The predicted octanol–water partition coefficient (Wildman–Crippen LogP) is -0.0572. The van der Waals surface area contributed by atoms with Crippen molar-refractivity contribution >= 4 is 23.6 Å². The number of nitrogens with two attached hydrogens (primary N) is 1. The van der Waals surface area contributed by atoms with Crippen molar-refractivity contribution in [2.45, 2.75) is 44.2 Å². The van der Waals surface area contributed by atoms with Gasteiger partial charge in [-0.3, -0.25) is 19.2 Å². The lowest BCUT2D eigenvalue weighted by Crippen LogP contribution is -2.56. The second-order valence-corrected chi connectivity index (χ2v) is 7.68. The third-order valence-corrected chi connectivity index (χ3v) is 5.57. The molecule has 3 rings (SSSR count). The van der Waals surface area contributed by atoms with Gasteiger partial charge >= 0.3 is 0 Å². The molecule has 0 unspecified atom stereocenters. The molecule has 0 radical (unpaired) electrons. The van der Waals surface area contributed by atoms with E-state index in [4.69, 9.17) is 10.5 Å². The average molecular weight is 416 g/mol. The summed E-state index contributed by atoms with van der Waals surface area (Å²) in [6.45, 7) is 0.825. The Kier molecular flexibility index (Phi) is 7.26. The molecule has 162 valence electrons. The monoisotopic (exact) mass is 416 g/mol. The summed E-state index contributed by atoms with van der Waals surface area (Å²) in [7, 11) is 0. The van der Waals surface area contributed by atoms with Crippen molar-refractivity contribution in [3.63, 3.8) is 0 Å². The SMILES string of the molecule is NC(=O)[C@H](C[C@@H]1CCNC1=O)NC(=O)[C@@H]1CCCCN1C(=O)COc1ccccc1. The molecule has 0 bridgehead atoms. The molecule has 9 nitrogen and oxygen atoms in total. The van der Waals surface area contributed by atoms with Crippen LogP contribution in [0.5, 0.6) is 5.75 Å². The Balaban J connectivity index is 1.60. The van der Waals surface area contributed by atoms with Gasteiger partial charge in [0.1, 0.15) is 17.8 Å². The number of hydrogen-bond donors (Lipinski definition) is 3. The number of likely N-dealkylation sites (tertiary alicyclic amines) is 1. The van der Waals surface area contributed by atoms with Crippen LogP contribution in [0.4, 0.5) is 0 Å². The van der Waals surface area contributed by atoms with Gasteiger partial charge in [0.2, 0.25) is 17.7 Å². The van der Waals surface area contributed by atoms with Crippen LogP contribution in [0.15, 0.2) is 30.3 Å². The Bertz CT molecular complexity index is 785. The van der Waals surface area contributed by atoms with Crippen LogP contribution in [0.2, 0.25) is 0 Å². The number of amides is 4. The number of carbonyl (C=O) groups is 4. The van der Waals surface area contributed by atoms with E-state index in [1.807, 2.05) is 18.2 Å². The van der Waals surface area contributed by atoms with E-state index in [1.54, 1.807) is 12.1 Å². The number of piperidine rings is 1. The lowest BCUT2D eigenvalue weighted by molar-refractivity contribution is -0.144. The zero-order valence-electron chi connectivity index (χ0n) is 16.8. The van der Waals surface area contributed by atoms with Gasteiger partial charge in [-0.2, -0.15) is 0 Å². The van der Waals surface area contributed by atoms with Gasteiger partial charge in [-0.25, -0.2) is 0 Å². The summed E-state index contributed by atoms with van der Waals surface area (Å²) >= 11 is 0. The maximum absolute atomic E-state index is 12.9. The quantitative estimate of drug-likeness (QED) is 0.547. The first kappa shape index (κ1) is 21.6. The molecule has 2 heterocycles. The maximum atomic E-state index is 12.9. The Morgan fingerprint density at radius 2 is 1.97 bits per heavy atom. The highest BCUT2D eigenvalue weighted by molar-refractivity contribution is 5.92. The van der Waals surface area contributed by atoms with Gasteiger partial charge in [-0.15, -0.1) is 0 Å². The molecule has 2 fully saturated rings. The van der Waals surface area contributed by atoms with Crippen molar-refractivity contribution in [2.24, 2.45) is 11.7 Å². The molecule has 2 aliphatic heterocycles. The molecule has 4 amide bonds. The number of primary amides is 1. The summed E-state index contributed by atoms with van der Waals surface area (Å²) < 4.78 is 5.53. The Hall–Kier alpha value is -3.10. The zero-order chi connectivity index (χ0) is 21.5. The molecular weight excluding hydrogens is 388 g/mol. The van der Waals surface area contributed by atoms with Crippen LogP contribution in [-0.4, -0.2) is 60.3 Å². The molecule has 4 N–H and O–H groups in total. The number of rotatable bonds is 8. The minimum Gasteiger partial charge on any atom is -0.484 e. The Morgan fingerprint density at radius 3 is 2.63 bits per heavy atom. The third-order valence-electron chi connectivity index (χ3n) is 5.57. The molecule has 1 aromatic rings. The van der Waals surface area contributed by atoms with E-state index in [1.165, 1.54) is 4.90 Å². The lowest BCUT2D eigenvalue weighted by atomic mass is 9.96. The van der Waals surface area contributed by atoms with E-state index in [0.29, 0.717) is 31.7 Å². The summed E-state index contributed by atoms with van der Waals surface area (Å²) in [5.74, 6) is -1.32. The molecule has 30 heavy (non-hydrogen) atoms. The van der Waals surface area contributed by atoms with Crippen LogP contribution in [-0.2, 0) is 19.2 Å². The van der Waals surface area contributed by atoms with Gasteiger partial charge in [0.25, 0.3) is 5.91 Å². The van der Waals surface area contributed by atoms with Gasteiger partial charge in [-0.1, -0.05) is 18.2 Å². The standard InChI is InChI=1S/C21H28N4O5/c22-19(27)16(12-14-9-10-23-20(14)28)24-21(29)17-8-4-5-11-25(17)18(26)13-30-15-6-2-1-3-7-15/h1-3,6-7,14,16-17H,4-5,8-13H2,(H2,22,27)(H,23,28)(H,24,29)/t14-,16-,17-/m0/s1. The number of benzene rings is 1. The van der Waals surface area contributed by atoms with Crippen LogP contribution >= 0.6 is 0 Å². The van der Waals surface area contributed by atoms with Gasteiger partial charge < -0.3 is 26.0 Å². The molecule has 0 spiro atoms. The normalized spacial score (nSPS) is 22.1. The van der Waals surface area contributed by atoms with Crippen molar-refractivity contribution in [2.75, 3.05) is 19.7 Å². The molecule has 1 aromatic carbocycles. The Morgan fingerprint density at radius 1 is 1.20 bits per heavy atom. The molecule has 2 aliphatic rings. The number of para-hydroxylation sites is 1. The first-order valence-electron chi connectivity index (χ1n) is 10.3. The topological polar surface area (TPSA) is 131 Å². The van der Waals surface area contributed by atoms with Gasteiger partial charge in [0, 0.05) is 19.0 Å². The minimum atomic E-state index is -0.953. The fourth-order valence-electron chi connectivity index (χ4n) is 3.92. The summed E-state index contributed by atoms with van der Waals surface area (Å²) in [5.41, 5.74) is 5.46. The Labute approximate surface area is 175 Å². The highest BCUT2D eigenvalue weighted by Gasteiger charge is 2.36. The lowest BCUT2D eigenvalue weighted by Gasteiger charge is -2.35. The van der Waals surface area contributed by atoms with Crippen LogP contribution in [0.3, 0.4) is 0 Å². The number of nitrogens with zero attached hydrogens (tertiary/aromatic N) is 1. The first-order valence-corrected chi connectivity index (χ1v) is 10.3. The van der Waals surface area contributed by atoms with E-state index >= 15 is 0 Å². The summed E-state index contributed by atoms with van der Waals surface area (Å²) in [5, 5.41) is 5.37. The molecule has 9 heteroatoms. The van der Waals surface area contributed by atoms with Crippen molar-refractivity contribution < 1.29 is 23.9 Å². The van der Waals surface area contributed by atoms with Crippen LogP contribution in [0.1, 0.15) is 32.1 Å². The van der Waals surface area contributed by atoms with Crippen LogP contribution in [0, 0.1) is 5.92 Å². The zero-order valence-corrected chi connectivity index (χ0v) is 16.8. The van der Waals surface area contributed by atoms with Gasteiger partial charge in [0.05, 0.1) is 0 Å². The summed E-state index contributed by atoms with van der Waals surface area (Å²) in [6, 6.07) is 7.34. The number of hydrogen-bond acceptors (Lipinski definition) is 5. The number of carbonyl (C=O) groups excluding carboxylic acids is 4. The van der Waals surface area contributed by atoms with Crippen LogP contribution < -0.4 is 21.1 Å². The van der Waals surface area contributed by atoms with E-state index < -0.39 is 23.9 Å². The second kappa shape index (κ2) is 10.1. The smallest absolute Gasteiger partial charge is 0.261 e. The highest BCUT2D eigenvalue weighted by Crippen LogP contribution is 2.20. The van der Waals surface area contributed by atoms with E-state index in [-0.39, 0.29) is 30.8 Å². The largest absolute Gasteiger partial charge is 0.484 e. The molecular formula is C21H28N4O5. The molecule has 3 atom stereocenters. The van der Waals surface area contributed by atoms with Gasteiger partial charge in [-0.05, 0) is 44.2 Å². The highest BCUT2D eigenvalue weighted by atomic mass is 16.5. The van der Waals surface area contributed by atoms with Crippen LogP contribution in [0.25, 0.3) is 0 Å². The van der Waals surface area contributed by atoms with Crippen molar-refractivity contribution in [1.82, 2.24) is 15.5 Å². The molecule has 0 aliphatic carbocycles. The fourth-order valence-corrected chi connectivity index (χ4v) is 3.92. The maximum Gasteiger partial charge on any atom is 0.261 e. The fraction of sp³-hybridized carbons (Fsp3) is 0.524. The third kappa shape index (κ3) is 5.49. The second-order valence-electron chi connectivity index (χ2n) is 7.68. The van der Waals surface area contributed by atoms with Crippen molar-refractivity contribution in [3.8, 4) is 5.75 Å². The van der Waals surface area contributed by atoms with Crippen molar-refractivity contribution in [3.05, 3.63) is 30.3 Å². The molecule has 0 aromatic heterocycles. The van der Waals surface area contributed by atoms with Crippen molar-refractivity contribution in [1.29, 1.82) is 0 Å². The summed E-state index contributed by atoms with van der Waals surface area (Å²) in [4.78, 5) is 50.8. The minimum absolute atomic E-state index is 0.136. The first-order chi connectivity index (χ1) is 14.5. The van der Waals surface area contributed by atoms with E-state index in [2.05, 4.69) is 10.6 Å². The van der Waals surface area contributed by atoms with E-state index in [0.717, 1.165) is 12.8 Å². The predicted molar refractivity (Wildman–Crippen MR) is 108 cm³/mol.